The van der Waals surface area contributed by atoms with Crippen molar-refractivity contribution in [2.24, 2.45) is 11.8 Å². The maximum Gasteiger partial charge on any atom is 0.228 e. The molecule has 1 saturated carbocycles. The molecule has 0 saturated heterocycles. The van der Waals surface area contributed by atoms with Gasteiger partial charge in [0.15, 0.2) is 23.1 Å². The van der Waals surface area contributed by atoms with Gasteiger partial charge in [0.25, 0.3) is 0 Å². The van der Waals surface area contributed by atoms with Gasteiger partial charge >= 0.3 is 0 Å². The zero-order valence-corrected chi connectivity index (χ0v) is 18.3. The number of carbonyl (C=O) groups excluding carboxylic acids is 1. The number of fused-ring (bicyclic) bond motifs is 2. The normalized spacial score (nSPS) is 17.7. The molecule has 0 aromatic carbocycles. The van der Waals surface area contributed by atoms with E-state index in [0.29, 0.717) is 45.9 Å². The summed E-state index contributed by atoms with van der Waals surface area (Å²) in [5, 5.41) is 19.8. The van der Waals surface area contributed by atoms with Crippen molar-refractivity contribution in [2.75, 3.05) is 17.7 Å². The molecule has 32 heavy (non-hydrogen) atoms. The number of nitrogens with zero attached hydrogens (tertiary/aromatic N) is 6. The fraction of sp³-hybridized carbons (Fsp3) is 0.364. The van der Waals surface area contributed by atoms with Gasteiger partial charge in [-0.2, -0.15) is 0 Å². The quantitative estimate of drug-likeness (QED) is 0.477. The SMILES string of the molecule is CNc1ncc(-c2nc3ccc(OC(C)C)cn3n2)c2cc(NC(=O)[C@H]3C[C@H]3C)nnc12. The van der Waals surface area contributed by atoms with Gasteiger partial charge in [0.1, 0.15) is 11.3 Å². The van der Waals surface area contributed by atoms with Crippen LogP contribution in [-0.4, -0.2) is 48.8 Å². The Bertz CT molecular complexity index is 1330. The third-order valence-corrected chi connectivity index (χ3v) is 5.48. The molecule has 4 aromatic heterocycles. The van der Waals surface area contributed by atoms with Crippen LogP contribution in [0.1, 0.15) is 27.2 Å². The van der Waals surface area contributed by atoms with Crippen molar-refractivity contribution < 1.29 is 9.53 Å². The lowest BCUT2D eigenvalue weighted by molar-refractivity contribution is -0.117. The molecule has 4 aromatic rings. The van der Waals surface area contributed by atoms with Gasteiger partial charge in [0.2, 0.25) is 5.91 Å². The molecule has 10 nitrogen and oxygen atoms in total. The summed E-state index contributed by atoms with van der Waals surface area (Å²) in [4.78, 5) is 21.5. The first kappa shape index (κ1) is 20.1. The molecule has 1 aliphatic carbocycles. The van der Waals surface area contributed by atoms with Gasteiger partial charge in [0, 0.05) is 30.1 Å². The molecular weight excluding hydrogens is 408 g/mol. The van der Waals surface area contributed by atoms with Crippen LogP contribution in [0.25, 0.3) is 27.9 Å². The highest BCUT2D eigenvalue weighted by molar-refractivity contribution is 6.01. The summed E-state index contributed by atoms with van der Waals surface area (Å²) in [6.45, 7) is 6.00. The summed E-state index contributed by atoms with van der Waals surface area (Å²) in [7, 11) is 1.77. The molecule has 0 bridgehead atoms. The number of carbonyl (C=O) groups is 1. The summed E-state index contributed by atoms with van der Waals surface area (Å²) < 4.78 is 7.43. The first-order chi connectivity index (χ1) is 15.4. The van der Waals surface area contributed by atoms with Crippen molar-refractivity contribution >= 4 is 34.1 Å². The lowest BCUT2D eigenvalue weighted by atomic mass is 10.1. The van der Waals surface area contributed by atoms with Gasteiger partial charge < -0.3 is 15.4 Å². The van der Waals surface area contributed by atoms with Crippen LogP contribution in [0.15, 0.2) is 30.6 Å². The van der Waals surface area contributed by atoms with Crippen molar-refractivity contribution in [1.29, 1.82) is 0 Å². The largest absolute Gasteiger partial charge is 0.489 e. The molecule has 0 aliphatic heterocycles. The summed E-state index contributed by atoms with van der Waals surface area (Å²) in [5.41, 5.74) is 1.95. The molecule has 4 heterocycles. The number of ether oxygens (including phenoxy) is 1. The molecule has 1 aliphatic rings. The van der Waals surface area contributed by atoms with E-state index in [2.05, 4.69) is 42.8 Å². The standard InChI is InChI=1S/C22H24N8O2/c1-11(2)32-13-5-6-18-26-20(29-30(18)10-13)16-9-24-21(23-4)19-15(16)8-17(27-28-19)25-22(31)14-7-12(14)3/h5-6,8-12,14H,7H2,1-4H3,(H,23,24)(H,25,27,31)/t12-,14+/m1/s1. The first-order valence-corrected chi connectivity index (χ1v) is 10.6. The number of amides is 1. The average Bonchev–Trinajstić information content (AvgIpc) is 3.35. The Balaban J connectivity index is 1.57. The minimum atomic E-state index is -0.0286. The highest BCUT2D eigenvalue weighted by Gasteiger charge is 2.39. The number of hydrogen-bond acceptors (Lipinski definition) is 8. The average molecular weight is 432 g/mol. The highest BCUT2D eigenvalue weighted by atomic mass is 16.5. The van der Waals surface area contributed by atoms with E-state index in [9.17, 15) is 4.79 Å². The van der Waals surface area contributed by atoms with Crippen LogP contribution in [-0.2, 0) is 4.79 Å². The van der Waals surface area contributed by atoms with E-state index >= 15 is 0 Å². The Kier molecular flexibility index (Phi) is 4.84. The van der Waals surface area contributed by atoms with Crippen LogP contribution in [0.2, 0.25) is 0 Å². The van der Waals surface area contributed by atoms with Crippen molar-refractivity contribution in [3.8, 4) is 17.1 Å². The fourth-order valence-electron chi connectivity index (χ4n) is 3.68. The fourth-order valence-corrected chi connectivity index (χ4v) is 3.68. The van der Waals surface area contributed by atoms with Crippen LogP contribution >= 0.6 is 0 Å². The molecule has 164 valence electrons. The smallest absolute Gasteiger partial charge is 0.228 e. The zero-order chi connectivity index (χ0) is 22.4. The Hall–Kier alpha value is -3.82. The number of aromatic nitrogens is 6. The molecule has 0 unspecified atom stereocenters. The molecule has 0 radical (unpaired) electrons. The Labute approximate surface area is 184 Å². The van der Waals surface area contributed by atoms with E-state index < -0.39 is 0 Å². The predicted octanol–water partition coefficient (Wildman–Crippen LogP) is 3.16. The lowest BCUT2D eigenvalue weighted by Gasteiger charge is -2.09. The third kappa shape index (κ3) is 3.68. The first-order valence-electron chi connectivity index (χ1n) is 10.6. The molecule has 5 rings (SSSR count). The predicted molar refractivity (Wildman–Crippen MR) is 121 cm³/mol. The Morgan fingerprint density at radius 1 is 1.28 bits per heavy atom. The number of anilines is 2. The second-order valence-electron chi connectivity index (χ2n) is 8.34. The van der Waals surface area contributed by atoms with E-state index in [1.54, 1.807) is 30.0 Å². The summed E-state index contributed by atoms with van der Waals surface area (Å²) in [5.74, 6) is 2.61. The van der Waals surface area contributed by atoms with E-state index in [1.165, 1.54) is 0 Å². The minimum Gasteiger partial charge on any atom is -0.489 e. The number of pyridine rings is 2. The van der Waals surface area contributed by atoms with Gasteiger partial charge in [-0.15, -0.1) is 15.3 Å². The zero-order valence-electron chi connectivity index (χ0n) is 18.3. The van der Waals surface area contributed by atoms with E-state index in [0.717, 1.165) is 11.8 Å². The summed E-state index contributed by atoms with van der Waals surface area (Å²) >= 11 is 0. The van der Waals surface area contributed by atoms with Crippen molar-refractivity contribution in [2.45, 2.75) is 33.3 Å². The van der Waals surface area contributed by atoms with Crippen LogP contribution < -0.4 is 15.4 Å². The van der Waals surface area contributed by atoms with E-state index in [1.807, 2.05) is 26.0 Å². The van der Waals surface area contributed by atoms with Crippen LogP contribution in [0.3, 0.4) is 0 Å². The second kappa shape index (κ2) is 7.70. The molecule has 0 spiro atoms. The van der Waals surface area contributed by atoms with E-state index in [-0.39, 0.29) is 17.9 Å². The van der Waals surface area contributed by atoms with Gasteiger partial charge in [-0.3, -0.25) is 4.79 Å². The number of nitrogens with one attached hydrogen (secondary N) is 2. The van der Waals surface area contributed by atoms with Gasteiger partial charge in [-0.1, -0.05) is 6.92 Å². The second-order valence-corrected chi connectivity index (χ2v) is 8.34. The monoisotopic (exact) mass is 432 g/mol. The van der Waals surface area contributed by atoms with Crippen molar-refractivity contribution in [3.63, 3.8) is 0 Å². The van der Waals surface area contributed by atoms with Crippen molar-refractivity contribution in [3.05, 3.63) is 30.6 Å². The minimum absolute atomic E-state index is 0.0286. The Morgan fingerprint density at radius 3 is 2.81 bits per heavy atom. The topological polar surface area (TPSA) is 119 Å². The van der Waals surface area contributed by atoms with Crippen LogP contribution in [0, 0.1) is 11.8 Å². The van der Waals surface area contributed by atoms with E-state index in [4.69, 9.17) is 4.74 Å². The number of hydrogen-bond donors (Lipinski definition) is 2. The Morgan fingerprint density at radius 2 is 2.09 bits per heavy atom. The maximum absolute atomic E-state index is 12.4. The van der Waals surface area contributed by atoms with Gasteiger partial charge in [-0.25, -0.2) is 14.5 Å². The summed E-state index contributed by atoms with van der Waals surface area (Å²) in [6.07, 6.45) is 4.46. The van der Waals surface area contributed by atoms with Crippen molar-refractivity contribution in [1.82, 2.24) is 29.8 Å². The molecule has 1 amide bonds. The van der Waals surface area contributed by atoms with Crippen LogP contribution in [0.4, 0.5) is 11.6 Å². The highest BCUT2D eigenvalue weighted by Crippen LogP contribution is 2.38. The molecule has 2 N–H and O–H groups in total. The third-order valence-electron chi connectivity index (χ3n) is 5.48. The summed E-state index contributed by atoms with van der Waals surface area (Å²) in [6, 6.07) is 5.52. The molecule has 10 heteroatoms. The van der Waals surface area contributed by atoms with Crippen LogP contribution in [0.5, 0.6) is 5.75 Å². The molecule has 2 atom stereocenters. The molecular formula is C22H24N8O2. The maximum atomic E-state index is 12.4. The van der Waals surface area contributed by atoms with Gasteiger partial charge in [-0.05, 0) is 44.4 Å². The molecule has 1 fully saturated rings. The van der Waals surface area contributed by atoms with Gasteiger partial charge in [0.05, 0.1) is 12.3 Å². The number of rotatable bonds is 6. The lowest BCUT2D eigenvalue weighted by Crippen LogP contribution is -2.16.